The van der Waals surface area contributed by atoms with Gasteiger partial charge in [0, 0.05) is 6.42 Å². The predicted octanol–water partition coefficient (Wildman–Crippen LogP) is 1.39. The van der Waals surface area contributed by atoms with Crippen molar-refractivity contribution in [3.05, 3.63) is 0 Å². The lowest BCUT2D eigenvalue weighted by Gasteiger charge is -2.18. The van der Waals surface area contributed by atoms with E-state index in [9.17, 15) is 9.59 Å². The Morgan fingerprint density at radius 1 is 1.22 bits per heavy atom. The van der Waals surface area contributed by atoms with Gasteiger partial charge in [0.05, 0.1) is 13.2 Å². The van der Waals surface area contributed by atoms with Crippen LogP contribution in [0.25, 0.3) is 0 Å². The largest absolute Gasteiger partial charge is 0.450 e. The number of carbonyl (C=O) groups is 2. The number of ether oxygens (including phenoxy) is 2. The summed E-state index contributed by atoms with van der Waals surface area (Å²) in [6, 6.07) is 0. The van der Waals surface area contributed by atoms with Crippen LogP contribution < -0.4 is 11.1 Å². The average molecular weight is 260 g/mol. The van der Waals surface area contributed by atoms with E-state index in [2.05, 4.69) is 30.8 Å². The number of primary amides is 1. The standard InChI is InChI=1S/C12H24N2O4/c1-12(2,3)8-17-9-14-10(15)6-4-5-7-18-11(13)16/h4-9H2,1-3H3,(H2,13,16)(H,14,15). The molecule has 6 nitrogen and oxygen atoms in total. The van der Waals surface area contributed by atoms with Crippen molar-refractivity contribution in [2.75, 3.05) is 19.9 Å². The molecule has 0 radical (unpaired) electrons. The molecule has 0 unspecified atom stereocenters. The van der Waals surface area contributed by atoms with Crippen molar-refractivity contribution in [3.8, 4) is 0 Å². The maximum Gasteiger partial charge on any atom is 0.404 e. The summed E-state index contributed by atoms with van der Waals surface area (Å²) in [6.07, 6.45) is 0.883. The number of rotatable bonds is 8. The van der Waals surface area contributed by atoms with Crippen molar-refractivity contribution in [2.24, 2.45) is 11.1 Å². The van der Waals surface area contributed by atoms with Crippen molar-refractivity contribution in [1.29, 1.82) is 0 Å². The predicted molar refractivity (Wildman–Crippen MR) is 67.8 cm³/mol. The van der Waals surface area contributed by atoms with Crippen LogP contribution in [0.3, 0.4) is 0 Å². The van der Waals surface area contributed by atoms with Gasteiger partial charge < -0.3 is 20.5 Å². The Balaban J connectivity index is 3.35. The summed E-state index contributed by atoms with van der Waals surface area (Å²) in [4.78, 5) is 21.6. The lowest BCUT2D eigenvalue weighted by molar-refractivity contribution is -0.123. The van der Waals surface area contributed by atoms with E-state index in [0.29, 0.717) is 25.9 Å². The summed E-state index contributed by atoms with van der Waals surface area (Å²) in [5.74, 6) is -0.0667. The maximum absolute atomic E-state index is 11.3. The third kappa shape index (κ3) is 12.8. The van der Waals surface area contributed by atoms with Crippen molar-refractivity contribution >= 4 is 12.0 Å². The van der Waals surface area contributed by atoms with Gasteiger partial charge in [0.2, 0.25) is 5.91 Å². The lowest BCUT2D eigenvalue weighted by atomic mass is 9.99. The smallest absolute Gasteiger partial charge is 0.404 e. The Morgan fingerprint density at radius 3 is 2.44 bits per heavy atom. The molecule has 0 aliphatic carbocycles. The molecule has 0 spiro atoms. The van der Waals surface area contributed by atoms with E-state index in [-0.39, 0.29) is 24.7 Å². The molecule has 0 saturated heterocycles. The molecule has 0 saturated carbocycles. The summed E-state index contributed by atoms with van der Waals surface area (Å²) in [5, 5.41) is 2.66. The zero-order valence-electron chi connectivity index (χ0n) is 11.5. The molecule has 0 aromatic rings. The molecule has 0 fully saturated rings. The van der Waals surface area contributed by atoms with Crippen LogP contribution >= 0.6 is 0 Å². The first-order chi connectivity index (χ1) is 8.31. The quantitative estimate of drug-likeness (QED) is 0.509. The second-order valence-electron chi connectivity index (χ2n) is 5.28. The van der Waals surface area contributed by atoms with E-state index in [0.717, 1.165) is 0 Å². The molecule has 106 valence electrons. The number of hydrogen-bond acceptors (Lipinski definition) is 4. The fourth-order valence-electron chi connectivity index (χ4n) is 1.14. The number of unbranched alkanes of at least 4 members (excludes halogenated alkanes) is 1. The van der Waals surface area contributed by atoms with Gasteiger partial charge in [0.15, 0.2) is 0 Å². The van der Waals surface area contributed by atoms with Crippen LogP contribution in [0.4, 0.5) is 4.79 Å². The monoisotopic (exact) mass is 260 g/mol. The Morgan fingerprint density at radius 2 is 1.89 bits per heavy atom. The highest BCUT2D eigenvalue weighted by Crippen LogP contribution is 2.12. The fourth-order valence-corrected chi connectivity index (χ4v) is 1.14. The van der Waals surface area contributed by atoms with Crippen LogP contribution in [-0.2, 0) is 14.3 Å². The van der Waals surface area contributed by atoms with Crippen LogP contribution in [0.1, 0.15) is 40.0 Å². The molecule has 0 aromatic heterocycles. The van der Waals surface area contributed by atoms with Crippen LogP contribution in [0.15, 0.2) is 0 Å². The van der Waals surface area contributed by atoms with Crippen LogP contribution in [0.5, 0.6) is 0 Å². The lowest BCUT2D eigenvalue weighted by Crippen LogP contribution is -2.28. The first kappa shape index (κ1) is 16.7. The number of nitrogens with one attached hydrogen (secondary N) is 1. The second-order valence-corrected chi connectivity index (χ2v) is 5.28. The minimum atomic E-state index is -0.782. The van der Waals surface area contributed by atoms with E-state index in [4.69, 9.17) is 10.5 Å². The molecule has 0 heterocycles. The topological polar surface area (TPSA) is 90.7 Å². The molecule has 18 heavy (non-hydrogen) atoms. The van der Waals surface area contributed by atoms with Crippen molar-refractivity contribution in [3.63, 3.8) is 0 Å². The van der Waals surface area contributed by atoms with Gasteiger partial charge in [0.25, 0.3) is 0 Å². The minimum absolute atomic E-state index is 0.0667. The molecule has 3 N–H and O–H groups in total. The van der Waals surface area contributed by atoms with Gasteiger partial charge in [-0.2, -0.15) is 0 Å². The summed E-state index contributed by atoms with van der Waals surface area (Å²) < 4.78 is 9.85. The molecular formula is C12H24N2O4. The zero-order chi connectivity index (χ0) is 14.0. The maximum atomic E-state index is 11.3. The fraction of sp³-hybridized carbons (Fsp3) is 0.833. The molecule has 2 amide bonds. The molecule has 0 aliphatic rings. The van der Waals surface area contributed by atoms with E-state index >= 15 is 0 Å². The Labute approximate surface area is 108 Å². The van der Waals surface area contributed by atoms with Crippen LogP contribution in [0, 0.1) is 5.41 Å². The van der Waals surface area contributed by atoms with Gasteiger partial charge in [-0.25, -0.2) is 4.79 Å². The van der Waals surface area contributed by atoms with E-state index in [1.54, 1.807) is 0 Å². The molecular weight excluding hydrogens is 236 g/mol. The average Bonchev–Trinajstić information content (AvgIpc) is 2.22. The number of nitrogens with two attached hydrogens (primary N) is 1. The number of amides is 2. The Kier molecular flexibility index (Phi) is 8.11. The molecule has 0 rings (SSSR count). The van der Waals surface area contributed by atoms with Gasteiger partial charge in [-0.15, -0.1) is 0 Å². The van der Waals surface area contributed by atoms with Gasteiger partial charge in [-0.1, -0.05) is 20.8 Å². The highest BCUT2D eigenvalue weighted by molar-refractivity contribution is 5.75. The third-order valence-electron chi connectivity index (χ3n) is 1.95. The van der Waals surface area contributed by atoms with E-state index in [1.807, 2.05) is 0 Å². The highest BCUT2D eigenvalue weighted by atomic mass is 16.5. The molecule has 0 aliphatic heterocycles. The van der Waals surface area contributed by atoms with Gasteiger partial charge >= 0.3 is 6.09 Å². The Bertz CT molecular complexity index is 261. The summed E-state index contributed by atoms with van der Waals surface area (Å²) in [5.41, 5.74) is 4.89. The van der Waals surface area contributed by atoms with Crippen molar-refractivity contribution in [2.45, 2.75) is 40.0 Å². The summed E-state index contributed by atoms with van der Waals surface area (Å²) in [7, 11) is 0. The van der Waals surface area contributed by atoms with Crippen LogP contribution in [-0.4, -0.2) is 31.9 Å². The summed E-state index contributed by atoms with van der Waals surface area (Å²) in [6.45, 7) is 7.27. The van der Waals surface area contributed by atoms with Gasteiger partial charge in [-0.05, 0) is 18.3 Å². The van der Waals surface area contributed by atoms with Crippen molar-refractivity contribution in [1.82, 2.24) is 5.32 Å². The molecule has 0 aromatic carbocycles. The summed E-state index contributed by atoms with van der Waals surface area (Å²) >= 11 is 0. The number of carbonyl (C=O) groups excluding carboxylic acids is 2. The first-order valence-electron chi connectivity index (χ1n) is 6.08. The number of hydrogen-bond donors (Lipinski definition) is 2. The van der Waals surface area contributed by atoms with Crippen molar-refractivity contribution < 1.29 is 19.1 Å². The zero-order valence-corrected chi connectivity index (χ0v) is 11.5. The molecule has 0 bridgehead atoms. The van der Waals surface area contributed by atoms with Crippen LogP contribution in [0.2, 0.25) is 0 Å². The second kappa shape index (κ2) is 8.74. The van der Waals surface area contributed by atoms with E-state index < -0.39 is 6.09 Å². The highest BCUT2D eigenvalue weighted by Gasteiger charge is 2.10. The molecule has 0 atom stereocenters. The SMILES string of the molecule is CC(C)(C)COCNC(=O)CCCCOC(N)=O. The van der Waals surface area contributed by atoms with E-state index in [1.165, 1.54) is 0 Å². The Hall–Kier alpha value is -1.30. The minimum Gasteiger partial charge on any atom is -0.450 e. The molecule has 6 heteroatoms. The third-order valence-corrected chi connectivity index (χ3v) is 1.95. The van der Waals surface area contributed by atoms with Gasteiger partial charge in [0.1, 0.15) is 6.73 Å². The van der Waals surface area contributed by atoms with Gasteiger partial charge in [-0.3, -0.25) is 4.79 Å². The normalized spacial score (nSPS) is 11.1. The first-order valence-corrected chi connectivity index (χ1v) is 6.08.